The summed E-state index contributed by atoms with van der Waals surface area (Å²) >= 11 is 0. The van der Waals surface area contributed by atoms with E-state index in [0.29, 0.717) is 6.42 Å². The van der Waals surface area contributed by atoms with E-state index in [4.69, 9.17) is 5.73 Å². The van der Waals surface area contributed by atoms with Crippen LogP contribution < -0.4 is 11.1 Å². The van der Waals surface area contributed by atoms with Crippen LogP contribution in [0.3, 0.4) is 0 Å². The summed E-state index contributed by atoms with van der Waals surface area (Å²) in [6, 6.07) is 6.32. The van der Waals surface area contributed by atoms with Gasteiger partial charge in [-0.1, -0.05) is 12.1 Å². The molecule has 4 heteroatoms. The normalized spacial score (nSPS) is 15.9. The van der Waals surface area contributed by atoms with Gasteiger partial charge in [0.15, 0.2) is 0 Å². The largest absolute Gasteiger partial charge is 0.327 e. The number of fused-ring (bicyclic) bond motifs is 1. The molecule has 0 aliphatic carbocycles. The van der Waals surface area contributed by atoms with Crippen molar-refractivity contribution in [1.82, 2.24) is 4.90 Å². The lowest BCUT2D eigenvalue weighted by Gasteiger charge is -2.19. The zero-order chi connectivity index (χ0) is 12.4. The van der Waals surface area contributed by atoms with E-state index in [1.807, 2.05) is 13.0 Å². The fourth-order valence-electron chi connectivity index (χ4n) is 2.25. The average molecular weight is 233 g/mol. The van der Waals surface area contributed by atoms with Crippen molar-refractivity contribution in [2.24, 2.45) is 5.73 Å². The van der Waals surface area contributed by atoms with Crippen molar-refractivity contribution in [2.75, 3.05) is 18.9 Å². The van der Waals surface area contributed by atoms with E-state index in [-0.39, 0.29) is 11.9 Å². The molecule has 0 saturated heterocycles. The van der Waals surface area contributed by atoms with Gasteiger partial charge in [0.05, 0.1) is 6.42 Å². The average Bonchev–Trinajstić information content (AvgIpc) is 2.55. The molecule has 1 heterocycles. The Bertz CT molecular complexity index is 429. The number of carbonyl (C=O) groups is 1. The zero-order valence-electron chi connectivity index (χ0n) is 10.4. The summed E-state index contributed by atoms with van der Waals surface area (Å²) in [5.41, 5.74) is 9.04. The van der Waals surface area contributed by atoms with Gasteiger partial charge in [-0.05, 0) is 31.2 Å². The molecule has 0 radical (unpaired) electrons. The smallest absolute Gasteiger partial charge is 0.228 e. The molecular weight excluding hydrogens is 214 g/mol. The third-order valence-electron chi connectivity index (χ3n) is 2.85. The molecule has 92 valence electrons. The molecule has 0 aromatic heterocycles. The highest BCUT2D eigenvalue weighted by atomic mass is 16.1. The lowest BCUT2D eigenvalue weighted by molar-refractivity contribution is -0.115. The van der Waals surface area contributed by atoms with E-state index in [0.717, 1.165) is 24.3 Å². The summed E-state index contributed by atoms with van der Waals surface area (Å²) in [4.78, 5) is 13.4. The van der Waals surface area contributed by atoms with Crippen molar-refractivity contribution >= 4 is 11.6 Å². The van der Waals surface area contributed by atoms with Crippen molar-refractivity contribution in [2.45, 2.75) is 25.9 Å². The second-order valence-electron chi connectivity index (χ2n) is 4.89. The van der Waals surface area contributed by atoms with Gasteiger partial charge in [-0.3, -0.25) is 4.79 Å². The number of likely N-dealkylation sites (N-methyl/N-ethyl adjacent to an activating group) is 1. The van der Waals surface area contributed by atoms with E-state index in [1.54, 1.807) is 0 Å². The maximum Gasteiger partial charge on any atom is 0.228 e. The summed E-state index contributed by atoms with van der Waals surface area (Å²) in [6.45, 7) is 3.74. The number of hydrogen-bond donors (Lipinski definition) is 2. The molecule has 1 aromatic rings. The van der Waals surface area contributed by atoms with Crippen LogP contribution in [0.25, 0.3) is 0 Å². The number of anilines is 1. The number of benzene rings is 1. The topological polar surface area (TPSA) is 58.4 Å². The highest BCUT2D eigenvalue weighted by molar-refractivity contribution is 5.99. The molecule has 2 rings (SSSR count). The molecule has 1 aliphatic rings. The summed E-state index contributed by atoms with van der Waals surface area (Å²) in [5, 5.41) is 2.84. The lowest BCUT2D eigenvalue weighted by atomic mass is 10.1. The maximum atomic E-state index is 11.2. The van der Waals surface area contributed by atoms with Crippen molar-refractivity contribution < 1.29 is 4.79 Å². The Balaban J connectivity index is 2.03. The fourth-order valence-corrected chi connectivity index (χ4v) is 2.25. The van der Waals surface area contributed by atoms with E-state index in [1.165, 1.54) is 5.56 Å². The predicted molar refractivity (Wildman–Crippen MR) is 68.8 cm³/mol. The van der Waals surface area contributed by atoms with Gasteiger partial charge in [-0.25, -0.2) is 0 Å². The van der Waals surface area contributed by atoms with E-state index in [9.17, 15) is 4.79 Å². The Kier molecular flexibility index (Phi) is 3.45. The van der Waals surface area contributed by atoms with Crippen molar-refractivity contribution in [3.05, 3.63) is 29.3 Å². The predicted octanol–water partition coefficient (Wildman–Crippen LogP) is 0.960. The minimum atomic E-state index is 0.0843. The molecule has 0 fully saturated rings. The van der Waals surface area contributed by atoms with Gasteiger partial charge in [-0.2, -0.15) is 0 Å². The summed E-state index contributed by atoms with van der Waals surface area (Å²) in [7, 11) is 2.06. The minimum absolute atomic E-state index is 0.0843. The molecule has 0 saturated carbocycles. The number of hydrogen-bond acceptors (Lipinski definition) is 3. The van der Waals surface area contributed by atoms with Gasteiger partial charge in [0.25, 0.3) is 0 Å². The molecule has 1 unspecified atom stereocenters. The maximum absolute atomic E-state index is 11.2. The second kappa shape index (κ2) is 4.85. The molecule has 1 aliphatic heterocycles. The third-order valence-corrected chi connectivity index (χ3v) is 2.85. The first-order chi connectivity index (χ1) is 8.04. The quantitative estimate of drug-likeness (QED) is 0.814. The third kappa shape index (κ3) is 3.05. The Hall–Kier alpha value is -1.39. The fraction of sp³-hybridized carbons (Fsp3) is 0.462. The first kappa shape index (κ1) is 12.1. The highest BCUT2D eigenvalue weighted by Gasteiger charge is 2.17. The molecule has 0 spiro atoms. The summed E-state index contributed by atoms with van der Waals surface area (Å²) in [6.07, 6.45) is 0.500. The van der Waals surface area contributed by atoms with Crippen molar-refractivity contribution in [1.29, 1.82) is 0 Å². The molecule has 0 bridgehead atoms. The van der Waals surface area contributed by atoms with Gasteiger partial charge in [0, 0.05) is 24.8 Å². The number of nitrogens with two attached hydrogens (primary N) is 1. The molecule has 17 heavy (non-hydrogen) atoms. The van der Waals surface area contributed by atoms with Crippen LogP contribution in [0.4, 0.5) is 5.69 Å². The molecule has 1 atom stereocenters. The number of amides is 1. The lowest BCUT2D eigenvalue weighted by Crippen LogP contribution is -2.32. The second-order valence-corrected chi connectivity index (χ2v) is 4.89. The standard InChI is InChI=1S/C13H19N3O/c1-9(14)7-16(2)8-10-3-4-12-11(5-10)6-13(17)15-12/h3-5,9H,6-8,14H2,1-2H3,(H,15,17). The Morgan fingerprint density at radius 1 is 1.53 bits per heavy atom. The van der Waals surface area contributed by atoms with Crippen LogP contribution >= 0.6 is 0 Å². The van der Waals surface area contributed by atoms with Crippen LogP contribution in [0.5, 0.6) is 0 Å². The van der Waals surface area contributed by atoms with Crippen LogP contribution in [-0.2, 0) is 17.8 Å². The number of nitrogens with zero attached hydrogens (tertiary/aromatic N) is 1. The molecular formula is C13H19N3O. The van der Waals surface area contributed by atoms with Gasteiger partial charge >= 0.3 is 0 Å². The monoisotopic (exact) mass is 233 g/mol. The number of rotatable bonds is 4. The van der Waals surface area contributed by atoms with Crippen LogP contribution in [0.2, 0.25) is 0 Å². The van der Waals surface area contributed by atoms with Crippen LogP contribution in [0, 0.1) is 0 Å². The van der Waals surface area contributed by atoms with E-state index in [2.05, 4.69) is 29.4 Å². The van der Waals surface area contributed by atoms with Gasteiger partial charge < -0.3 is 16.0 Å². The highest BCUT2D eigenvalue weighted by Crippen LogP contribution is 2.24. The van der Waals surface area contributed by atoms with Crippen molar-refractivity contribution in [3.63, 3.8) is 0 Å². The van der Waals surface area contributed by atoms with Crippen LogP contribution in [0.1, 0.15) is 18.1 Å². The Morgan fingerprint density at radius 2 is 2.29 bits per heavy atom. The summed E-state index contributed by atoms with van der Waals surface area (Å²) < 4.78 is 0. The van der Waals surface area contributed by atoms with E-state index < -0.39 is 0 Å². The molecule has 1 amide bonds. The van der Waals surface area contributed by atoms with Gasteiger partial charge in [0.1, 0.15) is 0 Å². The number of carbonyl (C=O) groups excluding carboxylic acids is 1. The van der Waals surface area contributed by atoms with Crippen LogP contribution in [0.15, 0.2) is 18.2 Å². The molecule has 1 aromatic carbocycles. The van der Waals surface area contributed by atoms with E-state index >= 15 is 0 Å². The zero-order valence-corrected chi connectivity index (χ0v) is 10.4. The first-order valence-corrected chi connectivity index (χ1v) is 5.90. The molecule has 4 nitrogen and oxygen atoms in total. The first-order valence-electron chi connectivity index (χ1n) is 5.90. The summed E-state index contributed by atoms with van der Waals surface area (Å²) in [5.74, 6) is 0.0843. The van der Waals surface area contributed by atoms with Crippen LogP contribution in [-0.4, -0.2) is 30.4 Å². The van der Waals surface area contributed by atoms with Gasteiger partial charge in [-0.15, -0.1) is 0 Å². The Labute approximate surface area is 102 Å². The minimum Gasteiger partial charge on any atom is -0.327 e. The number of nitrogens with one attached hydrogen (secondary N) is 1. The Morgan fingerprint density at radius 3 is 3.00 bits per heavy atom. The SMILES string of the molecule is CC(N)CN(C)Cc1ccc2c(c1)CC(=O)N2. The van der Waals surface area contributed by atoms with Crippen molar-refractivity contribution in [3.8, 4) is 0 Å². The van der Waals surface area contributed by atoms with Gasteiger partial charge in [0.2, 0.25) is 5.91 Å². The molecule has 3 N–H and O–H groups in total.